The van der Waals surface area contributed by atoms with Gasteiger partial charge in [-0.25, -0.2) is 8.51 Å². The Morgan fingerprint density at radius 3 is 2.13 bits per heavy atom. The van der Waals surface area contributed by atoms with Gasteiger partial charge in [-0.15, -0.1) is 6.58 Å². The van der Waals surface area contributed by atoms with Gasteiger partial charge in [0, 0.05) is 42.6 Å². The van der Waals surface area contributed by atoms with Crippen LogP contribution in [0.2, 0.25) is 0 Å². The molecule has 4 amide bonds. The van der Waals surface area contributed by atoms with E-state index in [1.54, 1.807) is 15.3 Å². The summed E-state index contributed by atoms with van der Waals surface area (Å²) in [7, 11) is 0.643. The predicted octanol–water partition coefficient (Wildman–Crippen LogP) is 6.06. The molecule has 344 valence electrons. The Hall–Kier alpha value is -2.64. The maximum atomic E-state index is 15.3. The summed E-state index contributed by atoms with van der Waals surface area (Å²) < 4.78 is 14.6. The van der Waals surface area contributed by atoms with Crippen LogP contribution in [-0.4, -0.2) is 116 Å². The van der Waals surface area contributed by atoms with Crippen LogP contribution in [0, 0.1) is 33.5 Å². The van der Waals surface area contributed by atoms with Gasteiger partial charge in [0.2, 0.25) is 23.6 Å². The first-order chi connectivity index (χ1) is 28.7. The Balaban J connectivity index is 1.24. The summed E-state index contributed by atoms with van der Waals surface area (Å²) >= 11 is 0. The van der Waals surface area contributed by atoms with E-state index in [0.717, 1.165) is 83.6 Å². The second-order valence-electron chi connectivity index (χ2n) is 21.8. The molecule has 3 N–H and O–H groups in total. The van der Waals surface area contributed by atoms with Crippen molar-refractivity contribution in [3.8, 4) is 0 Å². The fraction of sp³-hybridized carbons (Fsp3) is 0.854. The van der Waals surface area contributed by atoms with Gasteiger partial charge in [-0.3, -0.25) is 28.9 Å². The predicted molar refractivity (Wildman–Crippen MR) is 241 cm³/mol. The lowest BCUT2D eigenvalue weighted by atomic mass is 9.73. The second kappa shape index (κ2) is 18.5. The van der Waals surface area contributed by atoms with Gasteiger partial charge in [0.1, 0.15) is 23.7 Å². The van der Waals surface area contributed by atoms with Crippen molar-refractivity contribution < 1.29 is 28.2 Å². The molecule has 6 aliphatic rings. The van der Waals surface area contributed by atoms with Crippen molar-refractivity contribution in [2.45, 2.75) is 194 Å². The Morgan fingerprint density at radius 1 is 0.902 bits per heavy atom. The first-order valence-corrected chi connectivity index (χ1v) is 25.2. The van der Waals surface area contributed by atoms with E-state index in [2.05, 4.69) is 55.1 Å². The molecule has 8 atom stereocenters. The molecule has 2 spiro atoms. The largest absolute Gasteiger partial charge is 0.343 e. The van der Waals surface area contributed by atoms with E-state index in [4.69, 9.17) is 0 Å². The number of likely N-dealkylation sites (tertiary alicyclic amines) is 2. The fourth-order valence-electron chi connectivity index (χ4n) is 12.6. The van der Waals surface area contributed by atoms with Crippen molar-refractivity contribution in [2.75, 3.05) is 32.4 Å². The number of carbonyl (C=O) groups excluding carboxylic acids is 5. The molecule has 0 aromatic rings. The van der Waals surface area contributed by atoms with E-state index in [9.17, 15) is 23.4 Å². The monoisotopic (exact) mass is 869 g/mol. The summed E-state index contributed by atoms with van der Waals surface area (Å²) in [6, 6.07) is -2.64. The van der Waals surface area contributed by atoms with Gasteiger partial charge >= 0.3 is 0 Å². The quantitative estimate of drug-likeness (QED) is 0.142. The van der Waals surface area contributed by atoms with Crippen molar-refractivity contribution in [1.29, 1.82) is 0 Å². The number of hydrogen-bond acceptors (Lipinski definition) is 7. The minimum atomic E-state index is -1.19. The topological polar surface area (TPSA) is 148 Å². The molecule has 4 saturated carbocycles. The van der Waals surface area contributed by atoms with Crippen molar-refractivity contribution >= 4 is 40.4 Å². The molecule has 13 heteroatoms. The highest BCUT2D eigenvalue weighted by atomic mass is 32.2. The van der Waals surface area contributed by atoms with Crippen LogP contribution < -0.4 is 16.0 Å². The van der Waals surface area contributed by atoms with Crippen molar-refractivity contribution in [1.82, 2.24) is 30.1 Å². The van der Waals surface area contributed by atoms with Crippen LogP contribution >= 0.6 is 0 Å². The number of nitrogens with zero attached hydrogens (tertiary/aromatic N) is 3. The number of fused-ring (bicyclic) bond motifs is 1. The molecule has 6 fully saturated rings. The van der Waals surface area contributed by atoms with Crippen LogP contribution in [0.3, 0.4) is 0 Å². The second-order valence-corrected chi connectivity index (χ2v) is 23.4. The van der Waals surface area contributed by atoms with Crippen LogP contribution in [0.1, 0.15) is 158 Å². The molecule has 0 aromatic carbocycles. The van der Waals surface area contributed by atoms with E-state index in [-0.39, 0.29) is 76.0 Å². The third-order valence-corrected chi connectivity index (χ3v) is 18.3. The molecule has 2 heterocycles. The van der Waals surface area contributed by atoms with Crippen LogP contribution in [-0.2, 0) is 35.0 Å². The zero-order valence-corrected chi connectivity index (χ0v) is 40.0. The highest BCUT2D eigenvalue weighted by Crippen LogP contribution is 2.88. The summed E-state index contributed by atoms with van der Waals surface area (Å²) in [5.41, 5.74) is -2.10. The van der Waals surface area contributed by atoms with Crippen molar-refractivity contribution in [3.05, 3.63) is 12.7 Å². The fourth-order valence-corrected chi connectivity index (χ4v) is 13.7. The summed E-state index contributed by atoms with van der Waals surface area (Å²) in [5.74, 6) is -1.05. The molecular formula is C48H80N6O6S. The van der Waals surface area contributed by atoms with E-state index in [1.165, 1.54) is 0 Å². The summed E-state index contributed by atoms with van der Waals surface area (Å²) in [5, 5.41) is 9.64. The van der Waals surface area contributed by atoms with Gasteiger partial charge < -0.3 is 20.9 Å². The van der Waals surface area contributed by atoms with Crippen LogP contribution in [0.15, 0.2) is 12.7 Å². The molecule has 2 aliphatic heterocycles. The van der Waals surface area contributed by atoms with Crippen LogP contribution in [0.5, 0.6) is 0 Å². The van der Waals surface area contributed by atoms with E-state index in [0.29, 0.717) is 38.1 Å². The van der Waals surface area contributed by atoms with E-state index >= 15 is 4.79 Å². The highest BCUT2D eigenvalue weighted by molar-refractivity contribution is 7.82. The SMILES string of the molecule is C=C[C@@H]1C[C@]1(NC(=O)[C@@H]1C[C@@]2(CN1C(=O)[C@@H](NC(=O)[C@@H](NC(=O)[C@H]1CCCCN1C(C)C)C1CCCCC1)C(C)(C)C)C(C)(C)C21CCC1)C(=O)CCCS(=O)N(C)CCC. The average Bonchev–Trinajstić information content (AvgIpc) is 3.93. The number of nitrogens with one attached hydrogen (secondary N) is 3. The molecule has 61 heavy (non-hydrogen) atoms. The number of hydrogen-bond donors (Lipinski definition) is 3. The normalized spacial score (nSPS) is 31.0. The lowest BCUT2D eigenvalue weighted by Gasteiger charge is -2.40. The van der Waals surface area contributed by atoms with Crippen LogP contribution in [0.4, 0.5) is 0 Å². The number of amides is 4. The van der Waals surface area contributed by atoms with Crippen molar-refractivity contribution in [3.63, 3.8) is 0 Å². The zero-order chi connectivity index (χ0) is 44.7. The summed E-state index contributed by atoms with van der Waals surface area (Å²) in [4.78, 5) is 77.0. The maximum absolute atomic E-state index is 15.3. The molecule has 4 aliphatic carbocycles. The molecular weight excluding hydrogens is 789 g/mol. The Labute approximate surface area is 369 Å². The molecule has 1 unspecified atom stereocenters. The minimum Gasteiger partial charge on any atom is -0.343 e. The zero-order valence-electron chi connectivity index (χ0n) is 39.2. The minimum absolute atomic E-state index is 0.0360. The first kappa shape index (κ1) is 47.8. The number of rotatable bonds is 18. The van der Waals surface area contributed by atoms with Gasteiger partial charge in [-0.1, -0.05) is 79.7 Å². The third-order valence-electron chi connectivity index (χ3n) is 16.8. The van der Waals surface area contributed by atoms with Gasteiger partial charge in [-0.05, 0) is 114 Å². The van der Waals surface area contributed by atoms with Gasteiger partial charge in [-0.2, -0.15) is 0 Å². The number of Topliss-reactive ketones (excluding diaryl/α,β-unsaturated/α-hetero) is 1. The number of carbonyl (C=O) groups is 5. The molecule has 0 aromatic heterocycles. The van der Waals surface area contributed by atoms with Gasteiger partial charge in [0.05, 0.1) is 17.0 Å². The molecule has 2 saturated heterocycles. The molecule has 0 bridgehead atoms. The van der Waals surface area contributed by atoms with Gasteiger partial charge in [0.25, 0.3) is 0 Å². The lowest BCUT2D eigenvalue weighted by molar-refractivity contribution is -0.145. The van der Waals surface area contributed by atoms with Gasteiger partial charge in [0.15, 0.2) is 5.78 Å². The van der Waals surface area contributed by atoms with E-state index in [1.807, 2.05) is 34.7 Å². The molecule has 12 nitrogen and oxygen atoms in total. The number of ketones is 1. The summed E-state index contributed by atoms with van der Waals surface area (Å²) in [6.07, 6.45) is 15.0. The van der Waals surface area contributed by atoms with E-state index < -0.39 is 40.1 Å². The standard InChI is InChI=1S/C48H80N6O6S/c1-11-26-52(10)61(60)28-18-23-37(55)48(29-34(48)12-2)51-41(57)36-30-47(45(8,9)46(47)24-19-25-46)31-54(36)43(59)39(44(5,6)7)50-42(58)38(33-20-14-13-15-21-33)49-40(56)35-22-16-17-27-53(35)32(3)4/h12,32-36,38-39H,2,11,13-31H2,1,3-10H3,(H,49,56)(H,50,58)(H,51,57)/t34-,35-,36+,38+,39-,47-,48-,61?/m1/s1. The Kier molecular flexibility index (Phi) is 14.5. The molecule has 0 radical (unpaired) electrons. The third kappa shape index (κ3) is 8.92. The Morgan fingerprint density at radius 2 is 1.57 bits per heavy atom. The Bertz CT molecular complexity index is 1700. The van der Waals surface area contributed by atoms with Crippen molar-refractivity contribution in [2.24, 2.45) is 33.5 Å². The first-order valence-electron chi connectivity index (χ1n) is 24.0. The number of piperidine rings is 1. The highest BCUT2D eigenvalue weighted by Gasteiger charge is 2.85. The molecule has 6 rings (SSSR count). The smallest absolute Gasteiger partial charge is 0.246 e. The lowest BCUT2D eigenvalue weighted by Crippen LogP contribution is -2.63. The summed E-state index contributed by atoms with van der Waals surface area (Å²) in [6.45, 7) is 22.6. The van der Waals surface area contributed by atoms with Crippen LogP contribution in [0.25, 0.3) is 0 Å². The maximum Gasteiger partial charge on any atom is 0.246 e. The average molecular weight is 869 g/mol.